The molecule has 0 bridgehead atoms. The van der Waals surface area contributed by atoms with Crippen molar-refractivity contribution in [3.05, 3.63) is 108 Å². The molecule has 0 unspecified atom stereocenters. The number of nitrogens with one attached hydrogen (secondary N) is 2. The van der Waals surface area contributed by atoms with Gasteiger partial charge < -0.3 is 20.3 Å². The molecule has 0 spiro atoms. The lowest BCUT2D eigenvalue weighted by Gasteiger charge is -2.11. The minimum atomic E-state index is -3.05. The van der Waals surface area contributed by atoms with E-state index >= 15 is 0 Å². The van der Waals surface area contributed by atoms with Gasteiger partial charge in [0.2, 0.25) is 0 Å². The van der Waals surface area contributed by atoms with E-state index in [0.29, 0.717) is 31.9 Å². The number of sulfone groups is 1. The fourth-order valence-electron chi connectivity index (χ4n) is 5.21. The summed E-state index contributed by atoms with van der Waals surface area (Å²) in [7, 11) is -3.05. The van der Waals surface area contributed by atoms with Gasteiger partial charge >= 0.3 is 0 Å². The van der Waals surface area contributed by atoms with Crippen molar-refractivity contribution in [3.63, 3.8) is 0 Å². The molecular weight excluding hydrogens is 581 g/mol. The zero-order chi connectivity index (χ0) is 30.7. The van der Waals surface area contributed by atoms with Crippen LogP contribution < -0.4 is 10.6 Å². The Morgan fingerprint density at radius 3 is 2.68 bits per heavy atom. The lowest BCUT2D eigenvalue weighted by molar-refractivity contribution is 0.299. The third-order valence-electron chi connectivity index (χ3n) is 7.39. The van der Waals surface area contributed by atoms with Crippen molar-refractivity contribution >= 4 is 43.1 Å². The lowest BCUT2D eigenvalue weighted by Crippen LogP contribution is -2.22. The van der Waals surface area contributed by atoms with Crippen molar-refractivity contribution in [1.29, 1.82) is 0 Å². The highest BCUT2D eigenvalue weighted by Crippen LogP contribution is 2.28. The largest absolute Gasteiger partial charge is 0.396 e. The van der Waals surface area contributed by atoms with Gasteiger partial charge in [-0.2, -0.15) is 5.10 Å². The van der Waals surface area contributed by atoms with Gasteiger partial charge in [0.15, 0.2) is 0 Å². The quantitative estimate of drug-likeness (QED) is 0.174. The summed E-state index contributed by atoms with van der Waals surface area (Å²) >= 11 is 0. The molecule has 0 atom stereocenters. The summed E-state index contributed by atoms with van der Waals surface area (Å²) in [6.45, 7) is 1.31. The van der Waals surface area contributed by atoms with Crippen LogP contribution >= 0.6 is 0 Å². The standard InChI is InChI=1S/C32H32FN7O3S/c1-44(42,43)12-10-34-16-25-20-39(19-23(25)9-11-41)28-6-7-30-29(15-28)32(36-21-35-30)38-27-5-8-31-24(14-27)17-37-40(31)18-22-3-2-4-26(33)13-22/h2-8,13-15,17,19-21,34,41H,9-12,16,18H2,1H3,(H,35,36,38). The van der Waals surface area contributed by atoms with Gasteiger partial charge in [0, 0.05) is 60.5 Å². The lowest BCUT2D eigenvalue weighted by atomic mass is 10.1. The molecule has 0 fully saturated rings. The monoisotopic (exact) mass is 613 g/mol. The Labute approximate surface area is 254 Å². The maximum atomic E-state index is 13.7. The first-order valence-electron chi connectivity index (χ1n) is 14.2. The van der Waals surface area contributed by atoms with Crippen molar-refractivity contribution in [2.75, 3.05) is 30.5 Å². The molecule has 6 aromatic rings. The fraction of sp³-hybridized carbons (Fsp3) is 0.219. The molecule has 0 radical (unpaired) electrons. The molecule has 44 heavy (non-hydrogen) atoms. The van der Waals surface area contributed by atoms with Crippen LogP contribution in [0.15, 0.2) is 85.6 Å². The van der Waals surface area contributed by atoms with Gasteiger partial charge in [-0.05, 0) is 71.6 Å². The average Bonchev–Trinajstić information content (AvgIpc) is 3.58. The summed E-state index contributed by atoms with van der Waals surface area (Å²) in [5.41, 5.74) is 6.24. The molecule has 0 aliphatic rings. The van der Waals surface area contributed by atoms with Crippen LogP contribution in [0.4, 0.5) is 15.9 Å². The zero-order valence-corrected chi connectivity index (χ0v) is 24.9. The van der Waals surface area contributed by atoms with Gasteiger partial charge in [-0.15, -0.1) is 0 Å². The highest BCUT2D eigenvalue weighted by atomic mass is 32.2. The highest BCUT2D eigenvalue weighted by Gasteiger charge is 2.12. The van der Waals surface area contributed by atoms with Crippen molar-refractivity contribution in [3.8, 4) is 5.69 Å². The normalized spacial score (nSPS) is 11.9. The summed E-state index contributed by atoms with van der Waals surface area (Å²) < 4.78 is 40.5. The number of hydrogen-bond acceptors (Lipinski definition) is 8. The van der Waals surface area contributed by atoms with Gasteiger partial charge in [0.05, 0.1) is 29.5 Å². The summed E-state index contributed by atoms with van der Waals surface area (Å²) in [4.78, 5) is 8.98. The number of benzene rings is 3. The summed E-state index contributed by atoms with van der Waals surface area (Å²) in [5, 5.41) is 22.5. The summed E-state index contributed by atoms with van der Waals surface area (Å²) in [6, 6.07) is 18.4. The smallest absolute Gasteiger partial charge is 0.148 e. The molecule has 10 nitrogen and oxygen atoms in total. The van der Waals surface area contributed by atoms with Crippen molar-refractivity contribution < 1.29 is 17.9 Å². The molecule has 3 N–H and O–H groups in total. The van der Waals surface area contributed by atoms with E-state index in [-0.39, 0.29) is 18.2 Å². The van der Waals surface area contributed by atoms with E-state index < -0.39 is 9.84 Å². The molecule has 0 aliphatic heterocycles. The van der Waals surface area contributed by atoms with Crippen LogP contribution in [0, 0.1) is 5.82 Å². The number of nitrogens with zero attached hydrogens (tertiary/aromatic N) is 5. The summed E-state index contributed by atoms with van der Waals surface area (Å²) in [5.74, 6) is 0.439. The van der Waals surface area contributed by atoms with Crippen LogP contribution in [0.1, 0.15) is 16.7 Å². The second kappa shape index (κ2) is 12.5. The first-order valence-corrected chi connectivity index (χ1v) is 16.2. The van der Waals surface area contributed by atoms with E-state index in [4.69, 9.17) is 0 Å². The third kappa shape index (κ3) is 6.77. The maximum absolute atomic E-state index is 13.7. The molecule has 0 amide bonds. The number of hydrogen-bond donors (Lipinski definition) is 3. The maximum Gasteiger partial charge on any atom is 0.148 e. The molecule has 0 aliphatic carbocycles. The number of aliphatic hydroxyl groups excluding tert-OH is 1. The predicted octanol–water partition coefficient (Wildman–Crippen LogP) is 4.37. The number of fused-ring (bicyclic) bond motifs is 2. The van der Waals surface area contributed by atoms with E-state index in [9.17, 15) is 17.9 Å². The second-order valence-electron chi connectivity index (χ2n) is 10.8. The Morgan fingerprint density at radius 2 is 1.86 bits per heavy atom. The van der Waals surface area contributed by atoms with E-state index in [0.717, 1.165) is 49.9 Å². The molecule has 6 rings (SSSR count). The first-order chi connectivity index (χ1) is 21.3. The van der Waals surface area contributed by atoms with Gasteiger partial charge in [-0.1, -0.05) is 12.1 Å². The van der Waals surface area contributed by atoms with Crippen LogP contribution in [0.25, 0.3) is 27.5 Å². The van der Waals surface area contributed by atoms with Crippen LogP contribution in [0.2, 0.25) is 0 Å². The third-order valence-corrected chi connectivity index (χ3v) is 8.34. The van der Waals surface area contributed by atoms with Crippen LogP contribution in [-0.2, 0) is 29.3 Å². The molecule has 3 aromatic heterocycles. The molecule has 0 saturated carbocycles. The Hall–Kier alpha value is -4.65. The first kappa shape index (κ1) is 29.4. The van der Waals surface area contributed by atoms with Crippen LogP contribution in [0.5, 0.6) is 0 Å². The van der Waals surface area contributed by atoms with Crippen molar-refractivity contribution in [2.45, 2.75) is 19.5 Å². The van der Waals surface area contributed by atoms with Gasteiger partial charge in [0.1, 0.15) is 27.8 Å². The Bertz CT molecular complexity index is 2060. The predicted molar refractivity (Wildman–Crippen MR) is 170 cm³/mol. The highest BCUT2D eigenvalue weighted by molar-refractivity contribution is 7.90. The van der Waals surface area contributed by atoms with Gasteiger partial charge in [0.25, 0.3) is 0 Å². The van der Waals surface area contributed by atoms with Crippen LogP contribution in [0.3, 0.4) is 0 Å². The minimum absolute atomic E-state index is 0.00797. The Morgan fingerprint density at radius 1 is 1.00 bits per heavy atom. The molecule has 3 aromatic carbocycles. The SMILES string of the molecule is CS(=O)(=O)CCNCc1cn(-c2ccc3ncnc(Nc4ccc5c(cnn5Cc5cccc(F)c5)c4)c3c2)cc1CCO. The van der Waals surface area contributed by atoms with Gasteiger partial charge in [-0.25, -0.2) is 22.8 Å². The number of aliphatic hydroxyl groups is 1. The number of anilines is 2. The van der Waals surface area contributed by atoms with E-state index in [1.807, 2.05) is 64.1 Å². The zero-order valence-electron chi connectivity index (χ0n) is 24.1. The van der Waals surface area contributed by atoms with E-state index in [1.165, 1.54) is 24.7 Å². The fourth-order valence-corrected chi connectivity index (χ4v) is 5.73. The Balaban J connectivity index is 1.24. The number of rotatable bonds is 12. The van der Waals surface area contributed by atoms with Crippen LogP contribution in [-0.4, -0.2) is 63.0 Å². The van der Waals surface area contributed by atoms with Crippen molar-refractivity contribution in [1.82, 2.24) is 29.6 Å². The summed E-state index contributed by atoms with van der Waals surface area (Å²) in [6.07, 6.45) is 9.00. The molecule has 12 heteroatoms. The minimum Gasteiger partial charge on any atom is -0.396 e. The average molecular weight is 614 g/mol. The number of halogens is 1. The van der Waals surface area contributed by atoms with Crippen molar-refractivity contribution in [2.24, 2.45) is 0 Å². The van der Waals surface area contributed by atoms with E-state index in [2.05, 4.69) is 25.7 Å². The molecular formula is C32H32FN7O3S. The molecule has 3 heterocycles. The molecule has 226 valence electrons. The number of aromatic nitrogens is 5. The molecule has 0 saturated heterocycles. The topological polar surface area (TPSA) is 127 Å². The Kier molecular flexibility index (Phi) is 8.38. The second-order valence-corrected chi connectivity index (χ2v) is 13.0. The van der Waals surface area contributed by atoms with Gasteiger partial charge in [-0.3, -0.25) is 4.68 Å². The van der Waals surface area contributed by atoms with E-state index in [1.54, 1.807) is 12.3 Å².